The van der Waals surface area contributed by atoms with Crippen molar-refractivity contribution in [2.45, 2.75) is 64.5 Å². The highest BCUT2D eigenvalue weighted by Gasteiger charge is 2.38. The fourth-order valence-corrected chi connectivity index (χ4v) is 4.85. The molecule has 2 aromatic rings. The van der Waals surface area contributed by atoms with Gasteiger partial charge < -0.3 is 29.3 Å². The van der Waals surface area contributed by atoms with E-state index in [1.165, 1.54) is 31.3 Å². The maximum atomic E-state index is 13.5. The molecule has 13 heteroatoms. The second-order valence-corrected chi connectivity index (χ2v) is 9.08. The molecule has 1 heterocycles. The Kier molecular flexibility index (Phi) is 9.07. The molecule has 1 aliphatic rings. The van der Waals surface area contributed by atoms with Gasteiger partial charge >= 0.3 is 6.09 Å². The first-order valence-corrected chi connectivity index (χ1v) is 12.0. The number of nitro benzene ring substituents is 2. The largest absolute Gasteiger partial charge is 0.493 e. The molecule has 13 nitrogen and oxygen atoms in total. The number of piperidine rings is 1. The molecule has 0 spiro atoms. The van der Waals surface area contributed by atoms with E-state index >= 15 is 0 Å². The van der Waals surface area contributed by atoms with Crippen LogP contribution < -0.4 is 9.47 Å². The standard InChI is InChI=1S/C25H31N3O10/c1-14-6-5-7-15(2)26(14)25(31)38-24(18-8-16(12-29)17(13-30)9-20(18)27(32)33)19-10-22(36-3)23(37-4)11-21(19)28(34)35/h8-11,14-15,24,29-30H,5-7,12-13H2,1-4H3. The van der Waals surface area contributed by atoms with E-state index in [-0.39, 0.29) is 45.8 Å². The number of methoxy groups -OCH3 is 2. The van der Waals surface area contributed by atoms with Crippen molar-refractivity contribution < 1.29 is 39.1 Å². The van der Waals surface area contributed by atoms with Crippen LogP contribution in [0.15, 0.2) is 24.3 Å². The number of amides is 1. The maximum Gasteiger partial charge on any atom is 0.411 e. The molecule has 0 radical (unpaired) electrons. The third-order valence-corrected chi connectivity index (χ3v) is 6.80. The summed E-state index contributed by atoms with van der Waals surface area (Å²) in [6, 6.07) is 4.22. The van der Waals surface area contributed by atoms with E-state index in [0.29, 0.717) is 0 Å². The monoisotopic (exact) mass is 533 g/mol. The molecule has 3 atom stereocenters. The summed E-state index contributed by atoms with van der Waals surface area (Å²) in [6.07, 6.45) is -0.0846. The summed E-state index contributed by atoms with van der Waals surface area (Å²) in [7, 11) is 2.61. The van der Waals surface area contributed by atoms with Crippen LogP contribution in [0.5, 0.6) is 11.5 Å². The molecule has 0 saturated carbocycles. The number of benzene rings is 2. The molecule has 0 aliphatic carbocycles. The SMILES string of the molecule is COc1cc(C(OC(=O)N2C(C)CCCC2C)c2cc(CO)c(CO)cc2[N+](=O)[O-])c([N+](=O)[O-])cc1OC. The molecule has 1 saturated heterocycles. The lowest BCUT2D eigenvalue weighted by Crippen LogP contribution is -2.48. The van der Waals surface area contributed by atoms with Crippen LogP contribution in [-0.4, -0.2) is 57.4 Å². The van der Waals surface area contributed by atoms with Gasteiger partial charge in [0.15, 0.2) is 17.6 Å². The van der Waals surface area contributed by atoms with E-state index in [1.807, 2.05) is 13.8 Å². The van der Waals surface area contributed by atoms with Crippen LogP contribution in [-0.2, 0) is 18.0 Å². The van der Waals surface area contributed by atoms with Gasteiger partial charge in [0.1, 0.15) is 0 Å². The van der Waals surface area contributed by atoms with E-state index in [2.05, 4.69) is 0 Å². The lowest BCUT2D eigenvalue weighted by Gasteiger charge is -2.38. The number of aliphatic hydroxyl groups excluding tert-OH is 2. The normalized spacial score (nSPS) is 18.0. The van der Waals surface area contributed by atoms with Crippen molar-refractivity contribution in [3.05, 3.63) is 66.7 Å². The van der Waals surface area contributed by atoms with Crippen LogP contribution in [0.2, 0.25) is 0 Å². The van der Waals surface area contributed by atoms with Gasteiger partial charge in [-0.3, -0.25) is 20.2 Å². The fourth-order valence-electron chi connectivity index (χ4n) is 4.85. The van der Waals surface area contributed by atoms with Crippen molar-refractivity contribution in [3.8, 4) is 11.5 Å². The van der Waals surface area contributed by atoms with Crippen LogP contribution in [0, 0.1) is 20.2 Å². The first-order chi connectivity index (χ1) is 18.1. The fraction of sp³-hybridized carbons (Fsp3) is 0.480. The lowest BCUT2D eigenvalue weighted by atomic mass is 9.93. The summed E-state index contributed by atoms with van der Waals surface area (Å²) in [5.74, 6) is 0.110. The van der Waals surface area contributed by atoms with Gasteiger partial charge in [-0.2, -0.15) is 0 Å². The zero-order valence-corrected chi connectivity index (χ0v) is 21.6. The highest BCUT2D eigenvalue weighted by Crippen LogP contribution is 2.44. The molecule has 3 unspecified atom stereocenters. The number of nitrogens with zero attached hydrogens (tertiary/aromatic N) is 3. The van der Waals surface area contributed by atoms with Crippen LogP contribution in [0.4, 0.5) is 16.2 Å². The summed E-state index contributed by atoms with van der Waals surface area (Å²) in [5.41, 5.74) is -1.25. The molecule has 2 N–H and O–H groups in total. The summed E-state index contributed by atoms with van der Waals surface area (Å²) in [5, 5.41) is 43.7. The highest BCUT2D eigenvalue weighted by atomic mass is 16.6. The van der Waals surface area contributed by atoms with E-state index in [0.717, 1.165) is 31.4 Å². The Balaban J connectivity index is 2.31. The van der Waals surface area contributed by atoms with Crippen molar-refractivity contribution in [2.24, 2.45) is 0 Å². The number of likely N-dealkylation sites (tertiary alicyclic amines) is 1. The molecule has 0 bridgehead atoms. The van der Waals surface area contributed by atoms with Gasteiger partial charge in [-0.05, 0) is 56.4 Å². The molecular weight excluding hydrogens is 502 g/mol. The first kappa shape index (κ1) is 28.6. The molecule has 1 fully saturated rings. The maximum absolute atomic E-state index is 13.5. The van der Waals surface area contributed by atoms with Gasteiger partial charge in [0.05, 0.1) is 54.5 Å². The van der Waals surface area contributed by atoms with E-state index in [9.17, 15) is 35.2 Å². The minimum atomic E-state index is -1.64. The van der Waals surface area contributed by atoms with Crippen LogP contribution >= 0.6 is 0 Å². The first-order valence-electron chi connectivity index (χ1n) is 12.0. The highest BCUT2D eigenvalue weighted by molar-refractivity contribution is 5.71. The van der Waals surface area contributed by atoms with Crippen LogP contribution in [0.25, 0.3) is 0 Å². The lowest BCUT2D eigenvalue weighted by molar-refractivity contribution is -0.387. The Morgan fingerprint density at radius 2 is 1.39 bits per heavy atom. The zero-order valence-electron chi connectivity index (χ0n) is 21.6. The minimum absolute atomic E-state index is 0.0347. The predicted octanol–water partition coefficient (Wildman–Crippen LogP) is 3.99. The quantitative estimate of drug-likeness (QED) is 0.354. The molecule has 1 amide bonds. The van der Waals surface area contributed by atoms with Crippen molar-refractivity contribution in [1.82, 2.24) is 4.90 Å². The number of aliphatic hydroxyl groups is 2. The number of carbonyl (C=O) groups excluding carboxylic acids is 1. The topological polar surface area (TPSA) is 175 Å². The summed E-state index contributed by atoms with van der Waals surface area (Å²) >= 11 is 0. The second kappa shape index (κ2) is 12.0. The Morgan fingerprint density at radius 1 is 0.921 bits per heavy atom. The number of hydrogen-bond donors (Lipinski definition) is 2. The average Bonchev–Trinajstić information content (AvgIpc) is 2.89. The Labute approximate surface area is 218 Å². The van der Waals surface area contributed by atoms with Gasteiger partial charge in [0.2, 0.25) is 0 Å². The molecule has 0 aromatic heterocycles. The summed E-state index contributed by atoms with van der Waals surface area (Å²) < 4.78 is 16.4. The molecule has 2 aromatic carbocycles. The van der Waals surface area contributed by atoms with E-state index in [1.54, 1.807) is 0 Å². The second-order valence-electron chi connectivity index (χ2n) is 9.08. The van der Waals surface area contributed by atoms with Crippen LogP contribution in [0.1, 0.15) is 61.5 Å². The summed E-state index contributed by atoms with van der Waals surface area (Å²) in [4.78, 5) is 37.8. The Hall–Kier alpha value is -3.97. The smallest absolute Gasteiger partial charge is 0.411 e. The third-order valence-electron chi connectivity index (χ3n) is 6.80. The van der Waals surface area contributed by atoms with E-state index in [4.69, 9.17) is 14.2 Å². The number of nitro groups is 2. The number of carbonyl (C=O) groups is 1. The number of rotatable bonds is 9. The molecular formula is C25H31N3O10. The number of ether oxygens (including phenoxy) is 3. The molecule has 3 rings (SSSR count). The van der Waals surface area contributed by atoms with Crippen LogP contribution in [0.3, 0.4) is 0 Å². The number of hydrogen-bond acceptors (Lipinski definition) is 10. The molecule has 1 aliphatic heterocycles. The minimum Gasteiger partial charge on any atom is -0.493 e. The van der Waals surface area contributed by atoms with Gasteiger partial charge in [-0.1, -0.05) is 0 Å². The van der Waals surface area contributed by atoms with Crippen molar-refractivity contribution in [3.63, 3.8) is 0 Å². The van der Waals surface area contributed by atoms with E-state index < -0.39 is 46.6 Å². The van der Waals surface area contributed by atoms with Crippen molar-refractivity contribution in [2.75, 3.05) is 14.2 Å². The van der Waals surface area contributed by atoms with Crippen molar-refractivity contribution in [1.29, 1.82) is 0 Å². The summed E-state index contributed by atoms with van der Waals surface area (Å²) in [6.45, 7) is 2.52. The third kappa shape index (κ3) is 5.63. The predicted molar refractivity (Wildman–Crippen MR) is 134 cm³/mol. The molecule has 206 valence electrons. The average molecular weight is 534 g/mol. The van der Waals surface area contributed by atoms with Crippen molar-refractivity contribution >= 4 is 17.5 Å². The van der Waals surface area contributed by atoms with Gasteiger partial charge in [-0.25, -0.2) is 4.79 Å². The van der Waals surface area contributed by atoms with Gasteiger partial charge in [0, 0.05) is 18.2 Å². The molecule has 38 heavy (non-hydrogen) atoms. The van der Waals surface area contributed by atoms with Gasteiger partial charge in [0.25, 0.3) is 11.4 Å². The Bertz CT molecular complexity index is 1130. The zero-order chi connectivity index (χ0) is 28.1. The van der Waals surface area contributed by atoms with Gasteiger partial charge in [-0.15, -0.1) is 0 Å². The Morgan fingerprint density at radius 3 is 1.89 bits per heavy atom.